The average molecular weight is 260 g/mol. The molecule has 1 aromatic heterocycles. The van der Waals surface area contributed by atoms with Crippen LogP contribution >= 0.6 is 0 Å². The highest BCUT2D eigenvalue weighted by molar-refractivity contribution is 5.87. The molecule has 5 heteroatoms. The van der Waals surface area contributed by atoms with Gasteiger partial charge in [-0.1, -0.05) is 29.8 Å². The lowest BCUT2D eigenvalue weighted by atomic mass is 10.1. The van der Waals surface area contributed by atoms with Crippen LogP contribution in [0.15, 0.2) is 30.3 Å². The van der Waals surface area contributed by atoms with E-state index in [2.05, 4.69) is 5.10 Å². The van der Waals surface area contributed by atoms with Crippen LogP contribution in [0.4, 0.5) is 0 Å². The van der Waals surface area contributed by atoms with Crippen molar-refractivity contribution in [1.82, 2.24) is 9.78 Å². The van der Waals surface area contributed by atoms with E-state index in [0.29, 0.717) is 18.8 Å². The van der Waals surface area contributed by atoms with Gasteiger partial charge in [-0.3, -0.25) is 4.68 Å². The lowest BCUT2D eigenvalue weighted by Crippen LogP contribution is -2.13. The van der Waals surface area contributed by atoms with Crippen LogP contribution in [0.2, 0.25) is 0 Å². The van der Waals surface area contributed by atoms with Crippen LogP contribution in [-0.2, 0) is 11.3 Å². The first-order valence-electron chi connectivity index (χ1n) is 5.99. The van der Waals surface area contributed by atoms with Crippen molar-refractivity contribution in [2.24, 2.45) is 0 Å². The summed E-state index contributed by atoms with van der Waals surface area (Å²) in [6.45, 7) is 2.85. The van der Waals surface area contributed by atoms with Gasteiger partial charge in [-0.2, -0.15) is 5.10 Å². The maximum absolute atomic E-state index is 11.2. The lowest BCUT2D eigenvalue weighted by molar-refractivity contribution is 0.0680. The number of aryl methyl sites for hydroxylation is 1. The highest BCUT2D eigenvalue weighted by Crippen LogP contribution is 2.19. The van der Waals surface area contributed by atoms with E-state index in [0.717, 1.165) is 11.1 Å². The van der Waals surface area contributed by atoms with Gasteiger partial charge in [0.1, 0.15) is 5.69 Å². The van der Waals surface area contributed by atoms with Gasteiger partial charge in [0, 0.05) is 12.7 Å². The van der Waals surface area contributed by atoms with Crippen LogP contribution in [-0.4, -0.2) is 34.6 Å². The van der Waals surface area contributed by atoms with Gasteiger partial charge in [0.2, 0.25) is 0 Å². The minimum absolute atomic E-state index is 0.174. The molecule has 0 atom stereocenters. The fourth-order valence-corrected chi connectivity index (χ4v) is 1.80. The molecule has 0 radical (unpaired) electrons. The second kappa shape index (κ2) is 5.67. The quantitative estimate of drug-likeness (QED) is 0.895. The molecule has 0 spiro atoms. The third-order valence-corrected chi connectivity index (χ3v) is 2.85. The number of carboxylic acids is 1. The van der Waals surface area contributed by atoms with Crippen LogP contribution in [0.25, 0.3) is 11.3 Å². The van der Waals surface area contributed by atoms with E-state index in [1.165, 1.54) is 4.68 Å². The van der Waals surface area contributed by atoms with Crippen molar-refractivity contribution in [3.05, 3.63) is 41.6 Å². The maximum Gasteiger partial charge on any atom is 0.354 e. The molecule has 100 valence electrons. The van der Waals surface area contributed by atoms with Gasteiger partial charge in [-0.05, 0) is 13.0 Å². The van der Waals surface area contributed by atoms with Gasteiger partial charge in [0.05, 0.1) is 18.8 Å². The third-order valence-electron chi connectivity index (χ3n) is 2.85. The van der Waals surface area contributed by atoms with Crippen LogP contribution in [0.5, 0.6) is 0 Å². The lowest BCUT2D eigenvalue weighted by Gasteiger charge is -2.02. The zero-order valence-corrected chi connectivity index (χ0v) is 11.0. The summed E-state index contributed by atoms with van der Waals surface area (Å²) in [6, 6.07) is 9.41. The number of hydrogen-bond acceptors (Lipinski definition) is 3. The fourth-order valence-electron chi connectivity index (χ4n) is 1.80. The molecular weight excluding hydrogens is 244 g/mol. The monoisotopic (exact) mass is 260 g/mol. The minimum Gasteiger partial charge on any atom is -0.477 e. The molecule has 19 heavy (non-hydrogen) atoms. The molecule has 0 aliphatic rings. The van der Waals surface area contributed by atoms with E-state index in [1.54, 1.807) is 13.2 Å². The molecule has 0 unspecified atom stereocenters. The van der Waals surface area contributed by atoms with Gasteiger partial charge in [-0.25, -0.2) is 4.79 Å². The molecule has 0 aliphatic carbocycles. The summed E-state index contributed by atoms with van der Waals surface area (Å²) in [5, 5.41) is 13.5. The zero-order chi connectivity index (χ0) is 13.8. The summed E-state index contributed by atoms with van der Waals surface area (Å²) in [5.74, 6) is -0.984. The Balaban J connectivity index is 2.36. The molecule has 2 rings (SSSR count). The van der Waals surface area contributed by atoms with Gasteiger partial charge in [-0.15, -0.1) is 0 Å². The second-order valence-corrected chi connectivity index (χ2v) is 4.30. The summed E-state index contributed by atoms with van der Waals surface area (Å²) in [6.07, 6.45) is 0. The molecule has 0 bridgehead atoms. The number of hydrogen-bond donors (Lipinski definition) is 1. The first kappa shape index (κ1) is 13.3. The number of methoxy groups -OCH3 is 1. The van der Waals surface area contributed by atoms with Crippen molar-refractivity contribution >= 4 is 5.97 Å². The molecular formula is C14H16N2O3. The van der Waals surface area contributed by atoms with Crippen LogP contribution < -0.4 is 0 Å². The van der Waals surface area contributed by atoms with Crippen LogP contribution in [0.1, 0.15) is 16.1 Å². The Morgan fingerprint density at radius 3 is 2.63 bits per heavy atom. The van der Waals surface area contributed by atoms with E-state index in [1.807, 2.05) is 31.2 Å². The van der Waals surface area contributed by atoms with Crippen molar-refractivity contribution in [1.29, 1.82) is 0 Å². The summed E-state index contributed by atoms with van der Waals surface area (Å²) < 4.78 is 6.42. The summed E-state index contributed by atoms with van der Waals surface area (Å²) >= 11 is 0. The van der Waals surface area contributed by atoms with Crippen molar-refractivity contribution < 1.29 is 14.6 Å². The molecule has 0 fully saturated rings. The van der Waals surface area contributed by atoms with Gasteiger partial charge in [0.15, 0.2) is 0 Å². The van der Waals surface area contributed by atoms with E-state index < -0.39 is 5.97 Å². The van der Waals surface area contributed by atoms with Gasteiger partial charge in [0.25, 0.3) is 0 Å². The Hall–Kier alpha value is -2.14. The molecule has 1 heterocycles. The second-order valence-electron chi connectivity index (χ2n) is 4.30. The Bertz CT molecular complexity index is 573. The van der Waals surface area contributed by atoms with E-state index in [4.69, 9.17) is 9.84 Å². The Kier molecular flexibility index (Phi) is 3.97. The van der Waals surface area contributed by atoms with Crippen molar-refractivity contribution in [3.63, 3.8) is 0 Å². The zero-order valence-electron chi connectivity index (χ0n) is 11.0. The van der Waals surface area contributed by atoms with Crippen molar-refractivity contribution in [3.8, 4) is 11.3 Å². The number of nitrogens with zero attached hydrogens (tertiary/aromatic N) is 2. The van der Waals surface area contributed by atoms with Crippen molar-refractivity contribution in [2.45, 2.75) is 13.5 Å². The molecule has 0 saturated carbocycles. The molecule has 5 nitrogen and oxygen atoms in total. The van der Waals surface area contributed by atoms with Gasteiger partial charge >= 0.3 is 5.97 Å². The smallest absolute Gasteiger partial charge is 0.354 e. The Labute approximate surface area is 111 Å². The van der Waals surface area contributed by atoms with Crippen molar-refractivity contribution in [2.75, 3.05) is 13.7 Å². The SMILES string of the molecule is COCCn1nc(-c2ccc(C)cc2)cc1C(=O)O. The third kappa shape index (κ3) is 3.00. The minimum atomic E-state index is -0.984. The standard InChI is InChI=1S/C14H16N2O3/c1-10-3-5-11(6-4-10)12-9-13(14(17)18)16(15-12)7-8-19-2/h3-6,9H,7-8H2,1-2H3,(H,17,18). The molecule has 1 aromatic carbocycles. The molecule has 1 N–H and O–H groups in total. The highest BCUT2D eigenvalue weighted by Gasteiger charge is 2.14. The topological polar surface area (TPSA) is 64.4 Å². The fraction of sp³-hybridized carbons (Fsp3) is 0.286. The number of ether oxygens (including phenoxy) is 1. The largest absolute Gasteiger partial charge is 0.477 e. The Morgan fingerprint density at radius 1 is 1.37 bits per heavy atom. The number of aromatic carboxylic acids is 1. The summed E-state index contributed by atoms with van der Waals surface area (Å²) in [7, 11) is 1.57. The molecule has 0 saturated heterocycles. The first-order chi connectivity index (χ1) is 9.11. The molecule has 2 aromatic rings. The first-order valence-corrected chi connectivity index (χ1v) is 5.99. The predicted octanol–water partition coefficient (Wildman–Crippen LogP) is 2.20. The Morgan fingerprint density at radius 2 is 2.05 bits per heavy atom. The predicted molar refractivity (Wildman–Crippen MR) is 71.2 cm³/mol. The number of aromatic nitrogens is 2. The maximum atomic E-state index is 11.2. The number of rotatable bonds is 5. The summed E-state index contributed by atoms with van der Waals surface area (Å²) in [4.78, 5) is 11.2. The average Bonchev–Trinajstić information content (AvgIpc) is 2.81. The van der Waals surface area contributed by atoms with E-state index >= 15 is 0 Å². The normalized spacial score (nSPS) is 10.6. The van der Waals surface area contributed by atoms with E-state index in [9.17, 15) is 4.79 Å². The molecule has 0 amide bonds. The molecule has 0 aliphatic heterocycles. The number of carbonyl (C=O) groups is 1. The van der Waals surface area contributed by atoms with Gasteiger partial charge < -0.3 is 9.84 Å². The summed E-state index contributed by atoms with van der Waals surface area (Å²) in [5.41, 5.74) is 2.89. The van der Waals surface area contributed by atoms with Crippen LogP contribution in [0, 0.1) is 6.92 Å². The van der Waals surface area contributed by atoms with Crippen LogP contribution in [0.3, 0.4) is 0 Å². The van der Waals surface area contributed by atoms with E-state index in [-0.39, 0.29) is 5.69 Å². The number of benzene rings is 1. The highest BCUT2D eigenvalue weighted by atomic mass is 16.5. The number of carboxylic acid groups (broad SMARTS) is 1.